The number of benzene rings is 2. The summed E-state index contributed by atoms with van der Waals surface area (Å²) in [7, 11) is 0. The van der Waals surface area contributed by atoms with E-state index < -0.39 is 0 Å². The highest BCUT2D eigenvalue weighted by Crippen LogP contribution is 2.15. The van der Waals surface area contributed by atoms with E-state index in [4.69, 9.17) is 4.84 Å². The van der Waals surface area contributed by atoms with Gasteiger partial charge in [-0.3, -0.25) is 0 Å². The van der Waals surface area contributed by atoms with Gasteiger partial charge in [0.15, 0.2) is 0 Å². The lowest BCUT2D eigenvalue weighted by Crippen LogP contribution is -2.31. The standard InChI is InChI=1S/C25H34N2O2/c28-24-16-14-23(15-17-24)25(13-6-5-12-22-10-3-1-4-11-22)26-29-21-9-20-27-18-7-2-8-19-27/h1,3-4,10-11,14-17,28H,2,5-9,12-13,18-21H2. The summed E-state index contributed by atoms with van der Waals surface area (Å²) in [6.07, 6.45) is 9.18. The van der Waals surface area contributed by atoms with E-state index in [0.717, 1.165) is 49.9 Å². The van der Waals surface area contributed by atoms with Crippen molar-refractivity contribution in [1.29, 1.82) is 0 Å². The Bertz CT molecular complexity index is 722. The normalized spacial score (nSPS) is 15.4. The summed E-state index contributed by atoms with van der Waals surface area (Å²) in [5.74, 6) is 0.277. The summed E-state index contributed by atoms with van der Waals surface area (Å²) < 4.78 is 0. The summed E-state index contributed by atoms with van der Waals surface area (Å²) in [6, 6.07) is 17.9. The Kier molecular flexibility index (Phi) is 9.05. The van der Waals surface area contributed by atoms with Crippen LogP contribution in [0.15, 0.2) is 59.8 Å². The predicted molar refractivity (Wildman–Crippen MR) is 120 cm³/mol. The highest BCUT2D eigenvalue weighted by Gasteiger charge is 2.09. The number of hydrogen-bond acceptors (Lipinski definition) is 4. The number of unbranched alkanes of at least 4 members (excludes halogenated alkanes) is 1. The van der Waals surface area contributed by atoms with Gasteiger partial charge < -0.3 is 14.8 Å². The van der Waals surface area contributed by atoms with Crippen molar-refractivity contribution in [2.45, 2.75) is 51.4 Å². The van der Waals surface area contributed by atoms with E-state index in [1.807, 2.05) is 12.1 Å². The smallest absolute Gasteiger partial charge is 0.118 e. The first kappa shape index (κ1) is 21.4. The molecule has 0 bridgehead atoms. The molecule has 4 nitrogen and oxygen atoms in total. The fraction of sp³-hybridized carbons (Fsp3) is 0.480. The molecule has 0 atom stereocenters. The number of rotatable bonds is 11. The fourth-order valence-corrected chi connectivity index (χ4v) is 3.82. The number of phenols is 1. The highest BCUT2D eigenvalue weighted by molar-refractivity contribution is 6.00. The molecule has 29 heavy (non-hydrogen) atoms. The maximum Gasteiger partial charge on any atom is 0.118 e. The number of phenolic OH excluding ortho intramolecular Hbond substituents is 1. The largest absolute Gasteiger partial charge is 0.508 e. The zero-order chi connectivity index (χ0) is 20.2. The first-order valence-corrected chi connectivity index (χ1v) is 11.1. The second kappa shape index (κ2) is 12.3. The average Bonchev–Trinajstić information content (AvgIpc) is 2.77. The molecule has 0 radical (unpaired) electrons. The zero-order valence-corrected chi connectivity index (χ0v) is 17.4. The van der Waals surface area contributed by atoms with Crippen LogP contribution < -0.4 is 0 Å². The summed E-state index contributed by atoms with van der Waals surface area (Å²) in [4.78, 5) is 8.21. The molecule has 1 aliphatic heterocycles. The van der Waals surface area contributed by atoms with Crippen LogP contribution in [0, 0.1) is 0 Å². The first-order chi connectivity index (χ1) is 14.3. The molecule has 0 unspecified atom stereocenters. The van der Waals surface area contributed by atoms with E-state index in [1.54, 1.807) is 12.1 Å². The Hall–Kier alpha value is -2.33. The summed E-state index contributed by atoms with van der Waals surface area (Å²) in [5, 5.41) is 14.0. The minimum absolute atomic E-state index is 0.277. The second-order valence-corrected chi connectivity index (χ2v) is 7.87. The number of oxime groups is 1. The molecular formula is C25H34N2O2. The van der Waals surface area contributed by atoms with E-state index in [-0.39, 0.29) is 5.75 Å². The Morgan fingerprint density at radius 1 is 0.897 bits per heavy atom. The molecule has 1 N–H and O–H groups in total. The van der Waals surface area contributed by atoms with Gasteiger partial charge in [0, 0.05) is 6.54 Å². The molecule has 2 aromatic rings. The van der Waals surface area contributed by atoms with Gasteiger partial charge in [0.2, 0.25) is 0 Å². The molecule has 1 aliphatic rings. The van der Waals surface area contributed by atoms with Crippen molar-refractivity contribution in [3.05, 3.63) is 65.7 Å². The quantitative estimate of drug-likeness (QED) is 0.315. The van der Waals surface area contributed by atoms with Crippen LogP contribution in [-0.4, -0.2) is 42.0 Å². The lowest BCUT2D eigenvalue weighted by molar-refractivity contribution is 0.124. The first-order valence-electron chi connectivity index (χ1n) is 11.1. The number of nitrogens with zero attached hydrogens (tertiary/aromatic N) is 2. The Morgan fingerprint density at radius 3 is 2.41 bits per heavy atom. The van der Waals surface area contributed by atoms with Crippen molar-refractivity contribution >= 4 is 5.71 Å². The molecule has 0 saturated carbocycles. The van der Waals surface area contributed by atoms with E-state index in [2.05, 4.69) is 40.4 Å². The molecule has 0 aliphatic carbocycles. The average molecular weight is 395 g/mol. The van der Waals surface area contributed by atoms with Crippen molar-refractivity contribution in [1.82, 2.24) is 4.90 Å². The van der Waals surface area contributed by atoms with Crippen LogP contribution in [0.4, 0.5) is 0 Å². The van der Waals surface area contributed by atoms with Crippen LogP contribution >= 0.6 is 0 Å². The van der Waals surface area contributed by atoms with Gasteiger partial charge in [-0.15, -0.1) is 0 Å². The molecule has 0 amide bonds. The number of aryl methyl sites for hydroxylation is 1. The number of aromatic hydroxyl groups is 1. The van der Waals surface area contributed by atoms with E-state index in [1.165, 1.54) is 37.9 Å². The highest BCUT2D eigenvalue weighted by atomic mass is 16.6. The molecular weight excluding hydrogens is 360 g/mol. The number of piperidine rings is 1. The third-order valence-corrected chi connectivity index (χ3v) is 5.51. The van der Waals surface area contributed by atoms with E-state index in [0.29, 0.717) is 6.61 Å². The van der Waals surface area contributed by atoms with Gasteiger partial charge in [0.1, 0.15) is 12.4 Å². The zero-order valence-electron chi connectivity index (χ0n) is 17.4. The van der Waals surface area contributed by atoms with Crippen LogP contribution in [0.25, 0.3) is 0 Å². The summed E-state index contributed by atoms with van der Waals surface area (Å²) in [5.41, 5.74) is 3.37. The molecule has 0 aromatic heterocycles. The van der Waals surface area contributed by atoms with Crippen molar-refractivity contribution in [3.8, 4) is 5.75 Å². The SMILES string of the molecule is Oc1ccc(C(CCCCc2ccccc2)=NOCCCN2CCCCC2)cc1. The van der Waals surface area contributed by atoms with Crippen molar-refractivity contribution in [2.75, 3.05) is 26.2 Å². The molecule has 3 rings (SSSR count). The molecule has 156 valence electrons. The Labute approximate surface area is 175 Å². The van der Waals surface area contributed by atoms with E-state index in [9.17, 15) is 5.11 Å². The Morgan fingerprint density at radius 2 is 1.66 bits per heavy atom. The van der Waals surface area contributed by atoms with Gasteiger partial charge >= 0.3 is 0 Å². The predicted octanol–water partition coefficient (Wildman–Crippen LogP) is 5.40. The second-order valence-electron chi connectivity index (χ2n) is 7.87. The molecule has 1 heterocycles. The van der Waals surface area contributed by atoms with Crippen LogP contribution in [0.5, 0.6) is 5.75 Å². The van der Waals surface area contributed by atoms with Gasteiger partial charge in [0.25, 0.3) is 0 Å². The van der Waals surface area contributed by atoms with Gasteiger partial charge in [0.05, 0.1) is 5.71 Å². The van der Waals surface area contributed by atoms with Gasteiger partial charge in [-0.05, 0) is 93.4 Å². The summed E-state index contributed by atoms with van der Waals surface area (Å²) in [6.45, 7) is 4.20. The summed E-state index contributed by atoms with van der Waals surface area (Å²) >= 11 is 0. The maximum atomic E-state index is 9.57. The number of likely N-dealkylation sites (tertiary alicyclic amines) is 1. The molecule has 4 heteroatoms. The maximum absolute atomic E-state index is 9.57. The lowest BCUT2D eigenvalue weighted by atomic mass is 10.0. The Balaban J connectivity index is 1.46. The molecule has 2 aromatic carbocycles. The topological polar surface area (TPSA) is 45.1 Å². The third-order valence-electron chi connectivity index (χ3n) is 5.51. The number of hydrogen-bond donors (Lipinski definition) is 1. The minimum Gasteiger partial charge on any atom is -0.508 e. The van der Waals surface area contributed by atoms with Gasteiger partial charge in [-0.2, -0.15) is 0 Å². The third kappa shape index (κ3) is 7.90. The van der Waals surface area contributed by atoms with Crippen LogP contribution in [0.3, 0.4) is 0 Å². The molecule has 0 spiro atoms. The van der Waals surface area contributed by atoms with E-state index >= 15 is 0 Å². The van der Waals surface area contributed by atoms with Gasteiger partial charge in [-0.1, -0.05) is 41.9 Å². The van der Waals surface area contributed by atoms with Crippen LogP contribution in [0.1, 0.15) is 56.1 Å². The van der Waals surface area contributed by atoms with Crippen molar-refractivity contribution in [3.63, 3.8) is 0 Å². The monoisotopic (exact) mass is 394 g/mol. The molecule has 1 saturated heterocycles. The van der Waals surface area contributed by atoms with Crippen LogP contribution in [0.2, 0.25) is 0 Å². The van der Waals surface area contributed by atoms with Crippen molar-refractivity contribution < 1.29 is 9.94 Å². The fourth-order valence-electron chi connectivity index (χ4n) is 3.82. The lowest BCUT2D eigenvalue weighted by Gasteiger charge is -2.25. The molecule has 1 fully saturated rings. The van der Waals surface area contributed by atoms with Crippen LogP contribution in [-0.2, 0) is 11.3 Å². The van der Waals surface area contributed by atoms with Gasteiger partial charge in [-0.25, -0.2) is 0 Å². The van der Waals surface area contributed by atoms with Crippen molar-refractivity contribution in [2.24, 2.45) is 5.16 Å². The minimum atomic E-state index is 0.277.